The van der Waals surface area contributed by atoms with Gasteiger partial charge in [-0.1, -0.05) is 6.92 Å². The monoisotopic (exact) mass is 406 g/mol. The van der Waals surface area contributed by atoms with E-state index in [-0.39, 0.29) is 30.5 Å². The molecule has 162 valence electrons. The van der Waals surface area contributed by atoms with Gasteiger partial charge in [0.1, 0.15) is 0 Å². The first-order valence-electron chi connectivity index (χ1n) is 10.5. The van der Waals surface area contributed by atoms with Crippen LogP contribution in [-0.4, -0.2) is 102 Å². The summed E-state index contributed by atoms with van der Waals surface area (Å²) in [5.41, 5.74) is 0.972. The molecule has 29 heavy (non-hydrogen) atoms. The summed E-state index contributed by atoms with van der Waals surface area (Å²) in [7, 11) is 4.03. The second-order valence-electron chi connectivity index (χ2n) is 7.98. The van der Waals surface area contributed by atoms with Crippen molar-refractivity contribution in [2.45, 2.75) is 31.9 Å². The summed E-state index contributed by atoms with van der Waals surface area (Å²) in [6.07, 6.45) is 5.14. The molecule has 0 unspecified atom stereocenters. The van der Waals surface area contributed by atoms with Crippen LogP contribution in [0.2, 0.25) is 0 Å². The summed E-state index contributed by atoms with van der Waals surface area (Å²) in [6.45, 7) is 7.76. The highest BCUT2D eigenvalue weighted by Gasteiger charge is 2.38. The minimum Gasteiger partial charge on any atom is -0.373 e. The van der Waals surface area contributed by atoms with Crippen molar-refractivity contribution < 1.29 is 14.3 Å². The molecule has 0 aromatic carbocycles. The van der Waals surface area contributed by atoms with Crippen molar-refractivity contribution in [1.82, 2.24) is 29.8 Å². The number of morpholine rings is 1. The van der Waals surface area contributed by atoms with Gasteiger partial charge in [0.25, 0.3) is 0 Å². The molecule has 0 radical (unpaired) electrons. The lowest BCUT2D eigenvalue weighted by Crippen LogP contribution is -2.54. The molecule has 0 spiro atoms. The first-order valence-corrected chi connectivity index (χ1v) is 10.5. The number of nitrogens with one attached hydrogen (secondary N) is 1. The van der Waals surface area contributed by atoms with Gasteiger partial charge in [0.2, 0.25) is 11.8 Å². The molecule has 9 heteroatoms. The molecule has 2 fully saturated rings. The fourth-order valence-electron chi connectivity index (χ4n) is 4.09. The summed E-state index contributed by atoms with van der Waals surface area (Å²) in [4.78, 5) is 31.2. The molecule has 2 aliphatic heterocycles. The number of aromatic nitrogens is 2. The Morgan fingerprint density at radius 3 is 2.76 bits per heavy atom. The lowest BCUT2D eigenvalue weighted by atomic mass is 10.00. The van der Waals surface area contributed by atoms with Gasteiger partial charge in [-0.15, -0.1) is 0 Å². The van der Waals surface area contributed by atoms with Gasteiger partial charge in [0.05, 0.1) is 31.5 Å². The fraction of sp³-hybridized carbons (Fsp3) is 0.750. The maximum absolute atomic E-state index is 13.0. The summed E-state index contributed by atoms with van der Waals surface area (Å²) in [5, 5.41) is 7.02. The van der Waals surface area contributed by atoms with Crippen LogP contribution < -0.4 is 5.32 Å². The topological polar surface area (TPSA) is 82.9 Å². The molecule has 2 atom stereocenters. The van der Waals surface area contributed by atoms with E-state index in [2.05, 4.69) is 27.3 Å². The largest absolute Gasteiger partial charge is 0.373 e. The van der Waals surface area contributed by atoms with E-state index in [0.29, 0.717) is 19.6 Å². The van der Waals surface area contributed by atoms with Gasteiger partial charge in [-0.3, -0.25) is 19.2 Å². The second-order valence-corrected chi connectivity index (χ2v) is 7.98. The number of hydrogen-bond donors (Lipinski definition) is 1. The first-order chi connectivity index (χ1) is 14.0. The summed E-state index contributed by atoms with van der Waals surface area (Å²) in [6, 6.07) is -0.204. The smallest absolute Gasteiger partial charge is 0.242 e. The highest BCUT2D eigenvalue weighted by molar-refractivity contribution is 5.85. The number of ether oxygens (including phenoxy) is 1. The molecular weight excluding hydrogens is 372 g/mol. The van der Waals surface area contributed by atoms with E-state index in [1.165, 1.54) is 0 Å². The van der Waals surface area contributed by atoms with E-state index in [4.69, 9.17) is 4.74 Å². The number of hydrogen-bond acceptors (Lipinski definition) is 6. The van der Waals surface area contributed by atoms with Crippen LogP contribution in [0.5, 0.6) is 0 Å². The quantitative estimate of drug-likeness (QED) is 0.708. The van der Waals surface area contributed by atoms with Crippen LogP contribution in [0, 0.1) is 0 Å². The number of likely N-dealkylation sites (N-methyl/N-ethyl adjacent to an activating group) is 1. The molecule has 0 saturated carbocycles. The lowest BCUT2D eigenvalue weighted by molar-refractivity contribution is -0.148. The normalized spacial score (nSPS) is 24.3. The van der Waals surface area contributed by atoms with Crippen molar-refractivity contribution in [1.29, 1.82) is 0 Å². The predicted molar refractivity (Wildman–Crippen MR) is 109 cm³/mol. The van der Waals surface area contributed by atoms with Gasteiger partial charge in [-0.05, 0) is 26.6 Å². The van der Waals surface area contributed by atoms with Crippen molar-refractivity contribution in [3.63, 3.8) is 0 Å². The number of aryl methyl sites for hydroxylation is 1. The van der Waals surface area contributed by atoms with Crippen molar-refractivity contribution in [2.75, 3.05) is 59.5 Å². The Kier molecular flexibility index (Phi) is 7.63. The molecule has 2 aliphatic rings. The Morgan fingerprint density at radius 2 is 2.03 bits per heavy atom. The standard InChI is InChI=1S/C20H34N6O3/c1-4-18(27)21-13-19(28)26-10-11-29-17(20(26)16-12-22-24(3)14-16)15-25-7-5-6-23(2)8-9-25/h12,14,17,20H,4-11,13,15H2,1-3H3,(H,21,27)/t17-,20-/m0/s1. The minimum absolute atomic E-state index is 0.0185. The molecule has 0 aliphatic carbocycles. The van der Waals surface area contributed by atoms with Gasteiger partial charge >= 0.3 is 0 Å². The van der Waals surface area contributed by atoms with Crippen LogP contribution in [0.15, 0.2) is 12.4 Å². The zero-order valence-electron chi connectivity index (χ0n) is 17.8. The van der Waals surface area contributed by atoms with Gasteiger partial charge in [-0.2, -0.15) is 5.10 Å². The number of rotatable bonds is 6. The van der Waals surface area contributed by atoms with Crippen LogP contribution in [0.3, 0.4) is 0 Å². The van der Waals surface area contributed by atoms with E-state index in [0.717, 1.165) is 44.7 Å². The summed E-state index contributed by atoms with van der Waals surface area (Å²) in [5.74, 6) is -0.195. The first kappa shape index (κ1) is 21.7. The highest BCUT2D eigenvalue weighted by atomic mass is 16.5. The Morgan fingerprint density at radius 1 is 1.21 bits per heavy atom. The van der Waals surface area contributed by atoms with Crippen LogP contribution in [0.4, 0.5) is 0 Å². The Hall–Kier alpha value is -1.97. The van der Waals surface area contributed by atoms with Crippen LogP contribution >= 0.6 is 0 Å². The zero-order chi connectivity index (χ0) is 20.8. The zero-order valence-corrected chi connectivity index (χ0v) is 17.8. The third kappa shape index (κ3) is 5.77. The Bertz CT molecular complexity index is 694. The van der Waals surface area contributed by atoms with E-state index < -0.39 is 0 Å². The number of amides is 2. The van der Waals surface area contributed by atoms with E-state index in [9.17, 15) is 9.59 Å². The molecule has 2 saturated heterocycles. The molecule has 3 rings (SSSR count). The highest BCUT2D eigenvalue weighted by Crippen LogP contribution is 2.30. The number of carbonyl (C=O) groups excluding carboxylic acids is 2. The molecule has 3 heterocycles. The van der Waals surface area contributed by atoms with Crippen molar-refractivity contribution >= 4 is 11.8 Å². The van der Waals surface area contributed by atoms with E-state index >= 15 is 0 Å². The minimum atomic E-state index is -0.204. The molecule has 1 N–H and O–H groups in total. The summed E-state index contributed by atoms with van der Waals surface area (Å²) < 4.78 is 7.93. The summed E-state index contributed by atoms with van der Waals surface area (Å²) >= 11 is 0. The van der Waals surface area contributed by atoms with Gasteiger partial charge in [0.15, 0.2) is 0 Å². The third-order valence-electron chi connectivity index (χ3n) is 5.75. The molecule has 9 nitrogen and oxygen atoms in total. The van der Waals surface area contributed by atoms with Crippen molar-refractivity contribution in [3.8, 4) is 0 Å². The van der Waals surface area contributed by atoms with Crippen LogP contribution in [0.1, 0.15) is 31.4 Å². The molecule has 0 bridgehead atoms. The second kappa shape index (κ2) is 10.2. The molecule has 1 aromatic rings. The van der Waals surface area contributed by atoms with Crippen LogP contribution in [0.25, 0.3) is 0 Å². The van der Waals surface area contributed by atoms with Gasteiger partial charge < -0.3 is 19.9 Å². The number of carbonyl (C=O) groups is 2. The molecule has 1 aromatic heterocycles. The lowest BCUT2D eigenvalue weighted by Gasteiger charge is -2.42. The number of nitrogens with zero attached hydrogens (tertiary/aromatic N) is 5. The van der Waals surface area contributed by atoms with Crippen LogP contribution in [-0.2, 0) is 21.4 Å². The fourth-order valence-corrected chi connectivity index (χ4v) is 4.09. The maximum atomic E-state index is 13.0. The third-order valence-corrected chi connectivity index (χ3v) is 5.75. The van der Waals surface area contributed by atoms with Gasteiger partial charge in [-0.25, -0.2) is 0 Å². The average molecular weight is 407 g/mol. The maximum Gasteiger partial charge on any atom is 0.242 e. The van der Waals surface area contributed by atoms with E-state index in [1.807, 2.05) is 24.3 Å². The van der Waals surface area contributed by atoms with Crippen molar-refractivity contribution in [3.05, 3.63) is 18.0 Å². The average Bonchev–Trinajstić information content (AvgIpc) is 3.04. The van der Waals surface area contributed by atoms with Crippen molar-refractivity contribution in [2.24, 2.45) is 7.05 Å². The predicted octanol–water partition coefficient (Wildman–Crippen LogP) is -0.148. The Labute approximate surface area is 172 Å². The van der Waals surface area contributed by atoms with Gasteiger partial charge in [0, 0.05) is 51.4 Å². The molecule has 2 amide bonds. The SMILES string of the molecule is CCC(=O)NCC(=O)N1CCO[C@@H](CN2CCCN(C)CC2)[C@@H]1c1cnn(C)c1. The Balaban J connectivity index is 1.75. The molecular formula is C20H34N6O3. The van der Waals surface area contributed by atoms with E-state index in [1.54, 1.807) is 11.6 Å².